The van der Waals surface area contributed by atoms with Crippen LogP contribution in [0.4, 0.5) is 5.69 Å². The number of benzene rings is 1. The van der Waals surface area contributed by atoms with Crippen LogP contribution in [0.3, 0.4) is 0 Å². The first kappa shape index (κ1) is 17.6. The Hall–Kier alpha value is -2.26. The molecule has 2 amide bonds. The molecule has 0 bridgehead atoms. The van der Waals surface area contributed by atoms with Gasteiger partial charge in [-0.3, -0.25) is 9.59 Å². The number of nitrogens with two attached hydrogens (primary N) is 1. The number of primary amides is 1. The number of carbonyl (C=O) groups is 2. The molecule has 25 heavy (non-hydrogen) atoms. The molecular formula is C16H17N3O4S2. The molecule has 3 rings (SSSR count). The largest absolute Gasteiger partial charge is 0.486 e. The molecule has 9 heteroatoms. The van der Waals surface area contributed by atoms with Crippen LogP contribution in [0.1, 0.15) is 10.6 Å². The Morgan fingerprint density at radius 3 is 2.84 bits per heavy atom. The monoisotopic (exact) mass is 379 g/mol. The average Bonchev–Trinajstić information content (AvgIpc) is 2.92. The number of hydrogen-bond acceptors (Lipinski definition) is 7. The standard InChI is InChI=1S/C16H17N3O4S2/c1-9-13(7-14(17)20)25-16(18-9)24-8-15(21)19-10-2-3-11-12(6-10)23-5-4-22-11/h2-3,6H,4-5,7-8H2,1H3,(H2,17,20)(H,19,21). The van der Waals surface area contributed by atoms with Crippen LogP contribution in [0.2, 0.25) is 0 Å². The van der Waals surface area contributed by atoms with Crippen molar-refractivity contribution >= 4 is 40.6 Å². The van der Waals surface area contributed by atoms with Gasteiger partial charge >= 0.3 is 0 Å². The van der Waals surface area contributed by atoms with Gasteiger partial charge in [0.15, 0.2) is 15.8 Å². The molecule has 0 radical (unpaired) electrons. The highest BCUT2D eigenvalue weighted by Crippen LogP contribution is 2.33. The number of aryl methyl sites for hydroxylation is 1. The highest BCUT2D eigenvalue weighted by Gasteiger charge is 2.14. The van der Waals surface area contributed by atoms with E-state index in [9.17, 15) is 9.59 Å². The van der Waals surface area contributed by atoms with E-state index in [0.717, 1.165) is 14.9 Å². The normalized spacial score (nSPS) is 12.7. The number of rotatable bonds is 6. The number of aromatic nitrogens is 1. The van der Waals surface area contributed by atoms with Crippen molar-refractivity contribution < 1.29 is 19.1 Å². The maximum Gasteiger partial charge on any atom is 0.234 e. The molecule has 1 aromatic carbocycles. The summed E-state index contributed by atoms with van der Waals surface area (Å²) in [6, 6.07) is 5.29. The van der Waals surface area contributed by atoms with E-state index >= 15 is 0 Å². The first-order valence-corrected chi connectivity index (χ1v) is 9.38. The Balaban J connectivity index is 1.55. The van der Waals surface area contributed by atoms with Crippen LogP contribution in [0, 0.1) is 6.92 Å². The number of fused-ring (bicyclic) bond motifs is 1. The van der Waals surface area contributed by atoms with Crippen molar-refractivity contribution in [2.75, 3.05) is 24.3 Å². The van der Waals surface area contributed by atoms with Gasteiger partial charge in [0, 0.05) is 16.6 Å². The molecule has 3 N–H and O–H groups in total. The molecule has 1 aliphatic heterocycles. The highest BCUT2D eigenvalue weighted by atomic mass is 32.2. The van der Waals surface area contributed by atoms with Gasteiger partial charge in [0.25, 0.3) is 0 Å². The van der Waals surface area contributed by atoms with Crippen LogP contribution in [-0.2, 0) is 16.0 Å². The zero-order valence-corrected chi connectivity index (χ0v) is 15.2. The number of amides is 2. The first-order valence-electron chi connectivity index (χ1n) is 7.58. The Morgan fingerprint density at radius 1 is 1.32 bits per heavy atom. The Labute approximate surface area is 152 Å². The lowest BCUT2D eigenvalue weighted by Gasteiger charge is -2.18. The number of thiazole rings is 1. The minimum atomic E-state index is -0.389. The van der Waals surface area contributed by atoms with Crippen molar-refractivity contribution in [2.24, 2.45) is 5.73 Å². The van der Waals surface area contributed by atoms with Gasteiger partial charge in [-0.05, 0) is 19.1 Å². The average molecular weight is 379 g/mol. The molecule has 0 unspecified atom stereocenters. The van der Waals surface area contributed by atoms with Crippen molar-refractivity contribution in [1.82, 2.24) is 4.98 Å². The first-order chi connectivity index (χ1) is 12.0. The van der Waals surface area contributed by atoms with Crippen LogP contribution < -0.4 is 20.5 Å². The summed E-state index contributed by atoms with van der Waals surface area (Å²) < 4.78 is 11.7. The fourth-order valence-electron chi connectivity index (χ4n) is 2.23. The molecule has 0 spiro atoms. The van der Waals surface area contributed by atoms with Gasteiger partial charge in [-0.1, -0.05) is 11.8 Å². The third-order valence-electron chi connectivity index (χ3n) is 3.36. The maximum absolute atomic E-state index is 12.1. The Kier molecular flexibility index (Phi) is 5.44. The lowest BCUT2D eigenvalue weighted by Crippen LogP contribution is -2.17. The summed E-state index contributed by atoms with van der Waals surface area (Å²) in [6.45, 7) is 2.85. The Bertz CT molecular complexity index is 807. The number of anilines is 1. The smallest absolute Gasteiger partial charge is 0.234 e. The zero-order valence-electron chi connectivity index (χ0n) is 13.5. The second-order valence-electron chi connectivity index (χ2n) is 5.33. The second kappa shape index (κ2) is 7.75. The van der Waals surface area contributed by atoms with Crippen molar-refractivity contribution in [3.05, 3.63) is 28.8 Å². The lowest BCUT2D eigenvalue weighted by molar-refractivity contribution is -0.117. The number of thioether (sulfide) groups is 1. The summed E-state index contributed by atoms with van der Waals surface area (Å²) in [7, 11) is 0. The lowest BCUT2D eigenvalue weighted by atomic mass is 10.2. The van der Waals surface area contributed by atoms with Crippen LogP contribution in [0.15, 0.2) is 22.5 Å². The fraction of sp³-hybridized carbons (Fsp3) is 0.312. The van der Waals surface area contributed by atoms with Gasteiger partial charge in [0.1, 0.15) is 13.2 Å². The molecule has 0 atom stereocenters. The molecule has 0 saturated heterocycles. The van der Waals surface area contributed by atoms with E-state index < -0.39 is 0 Å². The summed E-state index contributed by atoms with van der Waals surface area (Å²) in [6.07, 6.45) is 0.174. The summed E-state index contributed by atoms with van der Waals surface area (Å²) in [5.41, 5.74) is 6.64. The van der Waals surface area contributed by atoms with Gasteiger partial charge in [0.05, 0.1) is 17.9 Å². The maximum atomic E-state index is 12.1. The van der Waals surface area contributed by atoms with Crippen molar-refractivity contribution in [2.45, 2.75) is 17.7 Å². The quantitative estimate of drug-likeness (QED) is 0.744. The fourth-order valence-corrected chi connectivity index (χ4v) is 4.27. The van der Waals surface area contributed by atoms with E-state index in [1.54, 1.807) is 18.2 Å². The number of nitrogens with zero attached hydrogens (tertiary/aromatic N) is 1. The highest BCUT2D eigenvalue weighted by molar-refractivity contribution is 8.01. The van der Waals surface area contributed by atoms with Crippen molar-refractivity contribution in [3.63, 3.8) is 0 Å². The third kappa shape index (κ3) is 4.64. The molecule has 2 aromatic rings. The molecule has 7 nitrogen and oxygen atoms in total. The summed E-state index contributed by atoms with van der Waals surface area (Å²) >= 11 is 2.72. The molecule has 0 saturated carbocycles. The van der Waals surface area contributed by atoms with Crippen molar-refractivity contribution in [1.29, 1.82) is 0 Å². The van der Waals surface area contributed by atoms with E-state index in [1.165, 1.54) is 23.1 Å². The van der Waals surface area contributed by atoms with Gasteiger partial charge in [-0.2, -0.15) is 0 Å². The number of carbonyl (C=O) groups excluding carboxylic acids is 2. The van der Waals surface area contributed by atoms with Gasteiger partial charge in [0.2, 0.25) is 11.8 Å². The van der Waals surface area contributed by atoms with E-state index in [-0.39, 0.29) is 24.0 Å². The van der Waals surface area contributed by atoms with Crippen LogP contribution in [0.25, 0.3) is 0 Å². The Morgan fingerprint density at radius 2 is 2.08 bits per heavy atom. The molecule has 2 heterocycles. The molecule has 1 aliphatic rings. The van der Waals surface area contributed by atoms with E-state index in [4.69, 9.17) is 15.2 Å². The van der Waals surface area contributed by atoms with E-state index in [2.05, 4.69) is 10.3 Å². The molecule has 1 aromatic heterocycles. The molecule has 132 valence electrons. The SMILES string of the molecule is Cc1nc(SCC(=O)Nc2ccc3c(c2)OCCO3)sc1CC(N)=O. The van der Waals surface area contributed by atoms with Crippen LogP contribution >= 0.6 is 23.1 Å². The molecule has 0 aliphatic carbocycles. The zero-order chi connectivity index (χ0) is 17.8. The van der Waals surface area contributed by atoms with Gasteiger partial charge < -0.3 is 20.5 Å². The van der Waals surface area contributed by atoms with E-state index in [0.29, 0.717) is 30.4 Å². The topological polar surface area (TPSA) is 104 Å². The predicted octanol–water partition coefficient (Wildman–Crippen LogP) is 1.98. The number of hydrogen-bond donors (Lipinski definition) is 2. The van der Waals surface area contributed by atoms with Gasteiger partial charge in [-0.15, -0.1) is 11.3 Å². The van der Waals surface area contributed by atoms with Gasteiger partial charge in [-0.25, -0.2) is 4.98 Å². The summed E-state index contributed by atoms with van der Waals surface area (Å²) in [5.74, 6) is 0.991. The second-order valence-corrected chi connectivity index (χ2v) is 7.63. The summed E-state index contributed by atoms with van der Waals surface area (Å²) in [4.78, 5) is 28.3. The molecule has 0 fully saturated rings. The number of ether oxygens (including phenoxy) is 2. The molecular weight excluding hydrogens is 362 g/mol. The minimum Gasteiger partial charge on any atom is -0.486 e. The van der Waals surface area contributed by atoms with Crippen molar-refractivity contribution in [3.8, 4) is 11.5 Å². The van der Waals surface area contributed by atoms with Crippen LogP contribution in [-0.4, -0.2) is 35.8 Å². The van der Waals surface area contributed by atoms with E-state index in [1.807, 2.05) is 6.92 Å². The predicted molar refractivity (Wildman–Crippen MR) is 96.5 cm³/mol. The minimum absolute atomic E-state index is 0.147. The number of nitrogens with one attached hydrogen (secondary N) is 1. The third-order valence-corrected chi connectivity index (χ3v) is 5.66. The summed E-state index contributed by atoms with van der Waals surface area (Å²) in [5, 5.41) is 2.82. The van der Waals surface area contributed by atoms with Crippen LogP contribution in [0.5, 0.6) is 11.5 Å².